The molecule has 0 atom stereocenters. The van der Waals surface area contributed by atoms with E-state index < -0.39 is 29.4 Å². The van der Waals surface area contributed by atoms with Crippen molar-refractivity contribution in [1.29, 1.82) is 0 Å². The fourth-order valence-corrected chi connectivity index (χ4v) is 5.33. The number of fused-ring (bicyclic) bond motifs is 1. The van der Waals surface area contributed by atoms with Crippen LogP contribution in [0.5, 0.6) is 0 Å². The van der Waals surface area contributed by atoms with Crippen molar-refractivity contribution in [3.8, 4) is 0 Å². The normalized spacial score (nSPS) is 14.7. The second-order valence-electron chi connectivity index (χ2n) is 8.26. The second kappa shape index (κ2) is 10.4. The Labute approximate surface area is 225 Å². The number of anilines is 1. The van der Waals surface area contributed by atoms with Gasteiger partial charge in [0, 0.05) is 39.3 Å². The molecule has 6 nitrogen and oxygen atoms in total. The number of imide groups is 1. The van der Waals surface area contributed by atoms with E-state index in [-0.39, 0.29) is 10.6 Å². The zero-order valence-electron chi connectivity index (χ0n) is 19.1. The maximum atomic E-state index is 13.8. The fourth-order valence-electron chi connectivity index (χ4n) is 4.03. The van der Waals surface area contributed by atoms with E-state index in [1.807, 2.05) is 41.1 Å². The van der Waals surface area contributed by atoms with Gasteiger partial charge < -0.3 is 9.88 Å². The summed E-state index contributed by atoms with van der Waals surface area (Å²) in [5.41, 5.74) is 2.51. The molecule has 0 unspecified atom stereocenters. The Balaban J connectivity index is 1.39. The summed E-state index contributed by atoms with van der Waals surface area (Å²) in [7, 11) is 0. The number of carbonyl (C=O) groups excluding carboxylic acids is 3. The van der Waals surface area contributed by atoms with Crippen LogP contribution in [-0.2, 0) is 16.1 Å². The summed E-state index contributed by atoms with van der Waals surface area (Å²) in [5.74, 6) is -1.87. The van der Waals surface area contributed by atoms with Crippen LogP contribution in [0.2, 0.25) is 10.0 Å². The van der Waals surface area contributed by atoms with E-state index in [2.05, 4.69) is 5.32 Å². The van der Waals surface area contributed by atoms with Gasteiger partial charge in [-0.05, 0) is 53.7 Å². The number of benzene rings is 3. The number of rotatable bonds is 6. The van der Waals surface area contributed by atoms with E-state index in [1.54, 1.807) is 24.3 Å². The van der Waals surface area contributed by atoms with Gasteiger partial charge in [-0.25, -0.2) is 4.39 Å². The molecule has 4 aromatic rings. The third-order valence-electron chi connectivity index (χ3n) is 5.79. The summed E-state index contributed by atoms with van der Waals surface area (Å²) in [6, 6.07) is 18.7. The third-order valence-corrected chi connectivity index (χ3v) is 7.28. The van der Waals surface area contributed by atoms with E-state index in [0.29, 0.717) is 16.6 Å². The average Bonchev–Trinajstić information content (AvgIpc) is 3.34. The van der Waals surface area contributed by atoms with Crippen molar-refractivity contribution in [2.75, 3.05) is 11.9 Å². The number of amides is 3. The van der Waals surface area contributed by atoms with Gasteiger partial charge in [-0.2, -0.15) is 0 Å². The average molecular weight is 554 g/mol. The molecule has 10 heteroatoms. The van der Waals surface area contributed by atoms with E-state index in [4.69, 9.17) is 23.2 Å². The molecule has 0 spiro atoms. The number of aromatic nitrogens is 1. The monoisotopic (exact) mass is 553 g/mol. The second-order valence-corrected chi connectivity index (χ2v) is 10.1. The molecule has 1 saturated heterocycles. The molecule has 0 bridgehead atoms. The first kappa shape index (κ1) is 25.1. The van der Waals surface area contributed by atoms with E-state index in [0.717, 1.165) is 38.7 Å². The van der Waals surface area contributed by atoms with E-state index in [9.17, 15) is 18.8 Å². The lowest BCUT2D eigenvalue weighted by Crippen LogP contribution is -2.36. The molecule has 1 aliphatic rings. The molecule has 1 N–H and O–H groups in total. The lowest BCUT2D eigenvalue weighted by atomic mass is 10.1. The Hall–Kier alpha value is -3.59. The minimum atomic E-state index is -0.676. The lowest BCUT2D eigenvalue weighted by molar-refractivity contribution is -0.127. The van der Waals surface area contributed by atoms with Crippen LogP contribution in [0, 0.1) is 5.82 Å². The number of halogens is 3. The van der Waals surface area contributed by atoms with Crippen LogP contribution < -0.4 is 5.32 Å². The Bertz CT molecular complexity index is 1600. The third kappa shape index (κ3) is 5.27. The smallest absolute Gasteiger partial charge is 0.294 e. The van der Waals surface area contributed by atoms with E-state index >= 15 is 0 Å². The zero-order valence-corrected chi connectivity index (χ0v) is 21.4. The Morgan fingerprint density at radius 3 is 2.57 bits per heavy atom. The predicted octanol–water partition coefficient (Wildman–Crippen LogP) is 6.81. The zero-order chi connectivity index (χ0) is 26.1. The first-order chi connectivity index (χ1) is 17.8. The molecule has 1 aliphatic heterocycles. The van der Waals surface area contributed by atoms with Crippen LogP contribution in [0.25, 0.3) is 17.0 Å². The van der Waals surface area contributed by atoms with Crippen molar-refractivity contribution in [3.63, 3.8) is 0 Å². The lowest BCUT2D eigenvalue weighted by Gasteiger charge is -2.12. The number of hydrogen-bond donors (Lipinski definition) is 1. The summed E-state index contributed by atoms with van der Waals surface area (Å²) in [6.07, 6.45) is 3.52. The molecule has 0 aliphatic carbocycles. The van der Waals surface area contributed by atoms with Crippen molar-refractivity contribution in [1.82, 2.24) is 9.47 Å². The minimum Gasteiger partial charge on any atom is -0.342 e. The molecular weight excluding hydrogens is 536 g/mol. The largest absolute Gasteiger partial charge is 0.342 e. The number of nitrogens with zero attached hydrogens (tertiary/aromatic N) is 2. The summed E-state index contributed by atoms with van der Waals surface area (Å²) < 4.78 is 15.8. The van der Waals surface area contributed by atoms with Gasteiger partial charge >= 0.3 is 0 Å². The van der Waals surface area contributed by atoms with Crippen LogP contribution in [0.4, 0.5) is 14.9 Å². The van der Waals surface area contributed by atoms with Crippen LogP contribution in [0.15, 0.2) is 77.8 Å². The van der Waals surface area contributed by atoms with Gasteiger partial charge in [-0.15, -0.1) is 0 Å². The maximum absolute atomic E-state index is 13.8. The molecule has 186 valence electrons. The van der Waals surface area contributed by atoms with Gasteiger partial charge in [0.2, 0.25) is 5.91 Å². The molecule has 37 heavy (non-hydrogen) atoms. The first-order valence-electron chi connectivity index (χ1n) is 11.1. The molecule has 0 saturated carbocycles. The van der Waals surface area contributed by atoms with Gasteiger partial charge in [-0.1, -0.05) is 59.6 Å². The SMILES string of the molecule is O=C(CN1C(=O)S/C(=C\c2cn(Cc3ccc(Cl)cc3Cl)c3ccccc23)C1=O)Nc1ccccc1F. The molecule has 3 aromatic carbocycles. The number of carbonyl (C=O) groups is 3. The molecule has 5 rings (SSSR count). The first-order valence-corrected chi connectivity index (χ1v) is 12.7. The summed E-state index contributed by atoms with van der Waals surface area (Å²) in [6.45, 7) is -0.0464. The number of nitrogens with one attached hydrogen (secondary N) is 1. The summed E-state index contributed by atoms with van der Waals surface area (Å²) in [5, 5.41) is 3.79. The predicted molar refractivity (Wildman–Crippen MR) is 145 cm³/mol. The Morgan fingerprint density at radius 1 is 1.03 bits per heavy atom. The van der Waals surface area contributed by atoms with Gasteiger partial charge in [0.1, 0.15) is 12.4 Å². The topological polar surface area (TPSA) is 71.4 Å². The molecule has 0 radical (unpaired) electrons. The quantitative estimate of drug-likeness (QED) is 0.266. The number of hydrogen-bond acceptors (Lipinski definition) is 4. The molecule has 2 heterocycles. The van der Waals surface area contributed by atoms with Crippen LogP contribution in [0.3, 0.4) is 0 Å². The molecule has 1 fully saturated rings. The minimum absolute atomic E-state index is 0.0244. The Morgan fingerprint density at radius 2 is 1.78 bits per heavy atom. The Kier molecular flexibility index (Phi) is 7.06. The van der Waals surface area contributed by atoms with Crippen molar-refractivity contribution in [3.05, 3.63) is 105 Å². The summed E-state index contributed by atoms with van der Waals surface area (Å²) >= 11 is 13.2. The van der Waals surface area contributed by atoms with Gasteiger partial charge in [-0.3, -0.25) is 19.3 Å². The van der Waals surface area contributed by atoms with E-state index in [1.165, 1.54) is 18.2 Å². The summed E-state index contributed by atoms with van der Waals surface area (Å²) in [4.78, 5) is 39.0. The van der Waals surface area contributed by atoms with Crippen molar-refractivity contribution >= 4 is 74.7 Å². The number of para-hydroxylation sites is 2. The number of thioether (sulfide) groups is 1. The highest BCUT2D eigenvalue weighted by atomic mass is 35.5. The highest BCUT2D eigenvalue weighted by molar-refractivity contribution is 8.18. The van der Waals surface area contributed by atoms with Crippen LogP contribution in [0.1, 0.15) is 11.1 Å². The maximum Gasteiger partial charge on any atom is 0.294 e. The fraction of sp³-hybridized carbons (Fsp3) is 0.0741. The standard InChI is InChI=1S/C27H18Cl2FN3O3S/c28-18-10-9-16(20(29)12-18)13-32-14-17(19-5-1-4-8-23(19)32)11-24-26(35)33(27(36)37-24)15-25(34)31-22-7-3-2-6-21(22)30/h1-12,14H,13,15H2,(H,31,34)/b24-11-. The van der Waals surface area contributed by atoms with Gasteiger partial charge in [0.25, 0.3) is 11.1 Å². The highest BCUT2D eigenvalue weighted by Gasteiger charge is 2.36. The van der Waals surface area contributed by atoms with Crippen molar-refractivity contribution < 1.29 is 18.8 Å². The van der Waals surface area contributed by atoms with Crippen molar-refractivity contribution in [2.24, 2.45) is 0 Å². The van der Waals surface area contributed by atoms with Crippen molar-refractivity contribution in [2.45, 2.75) is 6.54 Å². The molecule has 1 aromatic heterocycles. The highest BCUT2D eigenvalue weighted by Crippen LogP contribution is 2.34. The van der Waals surface area contributed by atoms with Crippen LogP contribution in [-0.4, -0.2) is 33.1 Å². The van der Waals surface area contributed by atoms with Gasteiger partial charge in [0.05, 0.1) is 10.6 Å². The molecular formula is C27H18Cl2FN3O3S. The van der Waals surface area contributed by atoms with Crippen LogP contribution >= 0.6 is 35.0 Å². The molecule has 3 amide bonds. The van der Waals surface area contributed by atoms with Gasteiger partial charge in [0.15, 0.2) is 0 Å².